The first kappa shape index (κ1) is 10.9. The molecule has 0 radical (unpaired) electrons. The molecule has 4 nitrogen and oxygen atoms in total. The third-order valence-electron chi connectivity index (χ3n) is 3.10. The predicted octanol–water partition coefficient (Wildman–Crippen LogP) is 2.70. The van der Waals surface area contributed by atoms with Gasteiger partial charge in [-0.05, 0) is 30.7 Å². The Hall–Kier alpha value is -1.23. The molecule has 1 fully saturated rings. The number of fused-ring (bicyclic) bond motifs is 1. The summed E-state index contributed by atoms with van der Waals surface area (Å²) in [6.07, 6.45) is 5.78. The van der Waals surface area contributed by atoms with Crippen molar-refractivity contribution >= 4 is 17.4 Å². The number of ether oxygens (including phenoxy) is 1. The van der Waals surface area contributed by atoms with Gasteiger partial charge in [-0.25, -0.2) is 0 Å². The van der Waals surface area contributed by atoms with Crippen LogP contribution in [0.25, 0.3) is 5.65 Å². The maximum absolute atomic E-state index is 5.25. The highest BCUT2D eigenvalue weighted by Gasteiger charge is 2.21. The first-order valence-corrected chi connectivity index (χ1v) is 6.93. The summed E-state index contributed by atoms with van der Waals surface area (Å²) in [4.78, 5) is 0. The van der Waals surface area contributed by atoms with E-state index in [2.05, 4.69) is 14.6 Å². The number of aromatic nitrogens is 3. The summed E-state index contributed by atoms with van der Waals surface area (Å²) >= 11 is 1.99. The van der Waals surface area contributed by atoms with Gasteiger partial charge in [-0.15, -0.1) is 10.2 Å². The minimum absolute atomic E-state index is 0.478. The molecule has 1 aliphatic rings. The molecule has 3 rings (SSSR count). The standard InChI is InChI=1S/C12H15N3OS/c1-16-9-5-6-11-13-14-12(15(11)8-9)10-4-2-3-7-17-10/h5-6,8,10H,2-4,7H2,1H3. The van der Waals surface area contributed by atoms with Gasteiger partial charge >= 0.3 is 0 Å². The molecule has 2 aromatic rings. The van der Waals surface area contributed by atoms with Crippen LogP contribution in [0.4, 0.5) is 0 Å². The second kappa shape index (κ2) is 4.56. The van der Waals surface area contributed by atoms with E-state index in [0.717, 1.165) is 17.2 Å². The van der Waals surface area contributed by atoms with Crippen molar-refractivity contribution in [1.29, 1.82) is 0 Å². The second-order valence-corrected chi connectivity index (χ2v) is 5.52. The van der Waals surface area contributed by atoms with Gasteiger partial charge in [0.1, 0.15) is 5.75 Å². The average Bonchev–Trinajstić information content (AvgIpc) is 2.82. The summed E-state index contributed by atoms with van der Waals surface area (Å²) in [6, 6.07) is 3.87. The number of nitrogens with zero attached hydrogens (tertiary/aromatic N) is 3. The van der Waals surface area contributed by atoms with Gasteiger partial charge < -0.3 is 4.74 Å². The molecule has 0 N–H and O–H groups in total. The number of hydrogen-bond donors (Lipinski definition) is 0. The lowest BCUT2D eigenvalue weighted by Crippen LogP contribution is -2.06. The minimum Gasteiger partial charge on any atom is -0.495 e. The van der Waals surface area contributed by atoms with Crippen molar-refractivity contribution < 1.29 is 4.74 Å². The van der Waals surface area contributed by atoms with Gasteiger partial charge in [-0.2, -0.15) is 11.8 Å². The Kier molecular flexibility index (Phi) is 2.93. The number of methoxy groups -OCH3 is 1. The highest BCUT2D eigenvalue weighted by Crippen LogP contribution is 2.37. The molecule has 0 aliphatic carbocycles. The van der Waals surface area contributed by atoms with E-state index in [1.807, 2.05) is 30.1 Å². The van der Waals surface area contributed by atoms with Gasteiger partial charge in [0.15, 0.2) is 11.5 Å². The van der Waals surface area contributed by atoms with Crippen LogP contribution in [0.5, 0.6) is 5.75 Å². The topological polar surface area (TPSA) is 39.4 Å². The fourth-order valence-electron chi connectivity index (χ4n) is 2.17. The lowest BCUT2D eigenvalue weighted by Gasteiger charge is -2.19. The number of thioether (sulfide) groups is 1. The Morgan fingerprint density at radius 1 is 1.35 bits per heavy atom. The van der Waals surface area contributed by atoms with Crippen molar-refractivity contribution in [3.63, 3.8) is 0 Å². The van der Waals surface area contributed by atoms with Crippen LogP contribution in [-0.2, 0) is 0 Å². The maximum Gasteiger partial charge on any atom is 0.161 e. The maximum atomic E-state index is 5.25. The van der Waals surface area contributed by atoms with Crippen LogP contribution in [0.3, 0.4) is 0 Å². The van der Waals surface area contributed by atoms with Crippen molar-refractivity contribution in [1.82, 2.24) is 14.6 Å². The highest BCUT2D eigenvalue weighted by atomic mass is 32.2. The first-order chi connectivity index (χ1) is 8.38. The SMILES string of the molecule is COc1ccc2nnc(C3CCCCS3)n2c1. The van der Waals surface area contributed by atoms with Crippen LogP contribution >= 0.6 is 11.8 Å². The van der Waals surface area contributed by atoms with Gasteiger partial charge in [0.05, 0.1) is 18.6 Å². The van der Waals surface area contributed by atoms with Crippen molar-refractivity contribution in [3.8, 4) is 5.75 Å². The van der Waals surface area contributed by atoms with Crippen LogP contribution in [0.2, 0.25) is 0 Å². The van der Waals surface area contributed by atoms with E-state index in [9.17, 15) is 0 Å². The van der Waals surface area contributed by atoms with E-state index in [1.54, 1.807) is 7.11 Å². The van der Waals surface area contributed by atoms with Crippen LogP contribution in [0, 0.1) is 0 Å². The summed E-state index contributed by atoms with van der Waals surface area (Å²) < 4.78 is 7.31. The van der Waals surface area contributed by atoms with Crippen LogP contribution in [0.1, 0.15) is 30.3 Å². The second-order valence-electron chi connectivity index (χ2n) is 4.21. The molecule has 0 spiro atoms. The van der Waals surface area contributed by atoms with E-state index in [1.165, 1.54) is 25.0 Å². The fraction of sp³-hybridized carbons (Fsp3) is 0.500. The van der Waals surface area contributed by atoms with Crippen LogP contribution in [0.15, 0.2) is 18.3 Å². The molecule has 17 heavy (non-hydrogen) atoms. The van der Waals surface area contributed by atoms with Crippen LogP contribution in [-0.4, -0.2) is 27.5 Å². The summed E-state index contributed by atoms with van der Waals surface area (Å²) in [5.41, 5.74) is 0.895. The van der Waals surface area contributed by atoms with Crippen molar-refractivity contribution in [2.75, 3.05) is 12.9 Å². The monoisotopic (exact) mass is 249 g/mol. The van der Waals surface area contributed by atoms with E-state index in [-0.39, 0.29) is 0 Å². The summed E-state index contributed by atoms with van der Waals surface area (Å²) in [5, 5.41) is 9.02. The molecular formula is C12H15N3OS. The molecule has 0 saturated carbocycles. The lowest BCUT2D eigenvalue weighted by atomic mass is 10.2. The Bertz CT molecular complexity index is 519. The molecular weight excluding hydrogens is 234 g/mol. The smallest absolute Gasteiger partial charge is 0.161 e. The average molecular weight is 249 g/mol. The zero-order chi connectivity index (χ0) is 11.7. The summed E-state index contributed by atoms with van der Waals surface area (Å²) in [5.74, 6) is 3.13. The first-order valence-electron chi connectivity index (χ1n) is 5.89. The zero-order valence-corrected chi connectivity index (χ0v) is 10.6. The van der Waals surface area contributed by atoms with Crippen molar-refractivity contribution in [2.24, 2.45) is 0 Å². The molecule has 1 aliphatic heterocycles. The molecule has 2 aromatic heterocycles. The van der Waals surface area contributed by atoms with Crippen LogP contribution < -0.4 is 4.74 Å². The Morgan fingerprint density at radius 2 is 2.29 bits per heavy atom. The molecule has 0 bridgehead atoms. The third kappa shape index (κ3) is 1.99. The predicted molar refractivity (Wildman–Crippen MR) is 68.6 cm³/mol. The van der Waals surface area contributed by atoms with E-state index < -0.39 is 0 Å². The molecule has 1 saturated heterocycles. The fourth-order valence-corrected chi connectivity index (χ4v) is 3.47. The molecule has 1 atom stereocenters. The largest absolute Gasteiger partial charge is 0.495 e. The van der Waals surface area contributed by atoms with E-state index in [0.29, 0.717) is 5.25 Å². The Morgan fingerprint density at radius 3 is 3.06 bits per heavy atom. The minimum atomic E-state index is 0.478. The van der Waals surface area contributed by atoms with Crippen molar-refractivity contribution in [2.45, 2.75) is 24.5 Å². The quantitative estimate of drug-likeness (QED) is 0.820. The lowest BCUT2D eigenvalue weighted by molar-refractivity contribution is 0.412. The Balaban J connectivity index is 2.02. The normalized spacial score (nSPS) is 20.6. The number of rotatable bonds is 2. The number of hydrogen-bond acceptors (Lipinski definition) is 4. The van der Waals surface area contributed by atoms with Gasteiger partial charge in [0.25, 0.3) is 0 Å². The zero-order valence-electron chi connectivity index (χ0n) is 9.80. The highest BCUT2D eigenvalue weighted by molar-refractivity contribution is 7.99. The van der Waals surface area contributed by atoms with E-state index in [4.69, 9.17) is 4.74 Å². The molecule has 0 amide bonds. The van der Waals surface area contributed by atoms with Gasteiger partial charge in [-0.3, -0.25) is 4.40 Å². The van der Waals surface area contributed by atoms with E-state index >= 15 is 0 Å². The molecule has 5 heteroatoms. The molecule has 0 aromatic carbocycles. The molecule has 1 unspecified atom stereocenters. The van der Waals surface area contributed by atoms with Gasteiger partial charge in [-0.1, -0.05) is 6.42 Å². The molecule has 3 heterocycles. The van der Waals surface area contributed by atoms with Gasteiger partial charge in [0, 0.05) is 0 Å². The summed E-state index contributed by atoms with van der Waals surface area (Å²) in [7, 11) is 1.68. The Labute approximate surface area is 104 Å². The van der Waals surface area contributed by atoms with Crippen molar-refractivity contribution in [3.05, 3.63) is 24.2 Å². The number of pyridine rings is 1. The third-order valence-corrected chi connectivity index (χ3v) is 4.48. The molecule has 90 valence electrons. The summed E-state index contributed by atoms with van der Waals surface area (Å²) in [6.45, 7) is 0. The van der Waals surface area contributed by atoms with Gasteiger partial charge in [0.2, 0.25) is 0 Å².